The van der Waals surface area contributed by atoms with Crippen LogP contribution in [-0.4, -0.2) is 17.7 Å². The number of allylic oxidation sites excluding steroid dienone is 1. The molecular weight excluding hydrogens is 337 g/mol. The van der Waals surface area contributed by atoms with Crippen LogP contribution < -0.4 is 0 Å². The number of ether oxygens (including phenoxy) is 1. The van der Waals surface area contributed by atoms with E-state index in [4.69, 9.17) is 27.9 Å². The predicted molar refractivity (Wildman–Crippen MR) is 87.9 cm³/mol. The average Bonchev–Trinajstić information content (AvgIpc) is 2.92. The summed E-state index contributed by atoms with van der Waals surface area (Å²) >= 11 is 11.7. The van der Waals surface area contributed by atoms with Crippen molar-refractivity contribution in [3.05, 3.63) is 81.5 Å². The van der Waals surface area contributed by atoms with Gasteiger partial charge < -0.3 is 4.74 Å². The maximum Gasteiger partial charge on any atom is 0.363 e. The summed E-state index contributed by atoms with van der Waals surface area (Å²) in [4.78, 5) is 28.1. The molecule has 2 aromatic rings. The fraction of sp³-hybridized carbons (Fsp3) is 0. The molecule has 0 fully saturated rings. The van der Waals surface area contributed by atoms with Gasteiger partial charge in [-0.05, 0) is 30.3 Å². The Kier molecular flexibility index (Phi) is 4.28. The molecule has 0 N–H and O–H groups in total. The van der Waals surface area contributed by atoms with Crippen molar-refractivity contribution in [1.82, 2.24) is 0 Å². The van der Waals surface area contributed by atoms with Crippen LogP contribution in [0, 0.1) is 0 Å². The third kappa shape index (κ3) is 3.33. The Morgan fingerprint density at radius 3 is 2.48 bits per heavy atom. The van der Waals surface area contributed by atoms with Gasteiger partial charge in [0.15, 0.2) is 11.5 Å². The number of esters is 1. The van der Waals surface area contributed by atoms with Crippen LogP contribution in [0.25, 0.3) is 0 Å². The lowest BCUT2D eigenvalue weighted by Crippen LogP contribution is -2.06. The maximum atomic E-state index is 12.2. The number of carbonyl (C=O) groups excluding carboxylic acids is 2. The monoisotopic (exact) mass is 345 g/mol. The lowest BCUT2D eigenvalue weighted by atomic mass is 10.1. The predicted octanol–water partition coefficient (Wildman–Crippen LogP) is 4.06. The summed E-state index contributed by atoms with van der Waals surface area (Å²) < 4.78 is 5.08. The molecule has 0 radical (unpaired) electrons. The summed E-state index contributed by atoms with van der Waals surface area (Å²) in [6.45, 7) is 0. The van der Waals surface area contributed by atoms with E-state index >= 15 is 0 Å². The van der Waals surface area contributed by atoms with E-state index in [2.05, 4.69) is 4.99 Å². The summed E-state index contributed by atoms with van der Waals surface area (Å²) in [5, 5.41) is 0.610. The van der Waals surface area contributed by atoms with Crippen molar-refractivity contribution < 1.29 is 14.3 Å². The maximum absolute atomic E-state index is 12.2. The molecule has 4 nitrogen and oxygen atoms in total. The minimum absolute atomic E-state index is 0.0556. The lowest BCUT2D eigenvalue weighted by molar-refractivity contribution is -0.130. The molecule has 2 aromatic carbocycles. The Bertz CT molecular complexity index is 857. The number of carbonyl (C=O) groups is 2. The highest BCUT2D eigenvalue weighted by Crippen LogP contribution is 2.24. The zero-order valence-electron chi connectivity index (χ0n) is 11.6. The Balaban J connectivity index is 1.89. The zero-order chi connectivity index (χ0) is 16.4. The number of benzene rings is 2. The molecule has 0 saturated heterocycles. The van der Waals surface area contributed by atoms with Gasteiger partial charge in [0.25, 0.3) is 0 Å². The van der Waals surface area contributed by atoms with Crippen molar-refractivity contribution in [2.45, 2.75) is 0 Å². The Labute approximate surface area is 142 Å². The molecule has 1 aliphatic rings. The molecule has 0 spiro atoms. The standard InChI is InChI=1S/C17H9Cl2NO3/c18-12-7-6-11(8-13(12)19)15(21)9-14-17(22)23-16(20-14)10-4-2-1-3-5-10/h1-9H. The van der Waals surface area contributed by atoms with Crippen LogP contribution in [0.3, 0.4) is 0 Å². The highest BCUT2D eigenvalue weighted by Gasteiger charge is 2.25. The van der Waals surface area contributed by atoms with Crippen LogP contribution in [-0.2, 0) is 9.53 Å². The van der Waals surface area contributed by atoms with Gasteiger partial charge in [-0.15, -0.1) is 0 Å². The van der Waals surface area contributed by atoms with Crippen molar-refractivity contribution >= 4 is 40.9 Å². The topological polar surface area (TPSA) is 55.7 Å². The molecule has 0 atom stereocenters. The van der Waals surface area contributed by atoms with Crippen LogP contribution >= 0.6 is 23.2 Å². The number of hydrogen-bond acceptors (Lipinski definition) is 4. The SMILES string of the molecule is O=C1OC(c2ccccc2)=NC1=CC(=O)c1ccc(Cl)c(Cl)c1. The highest BCUT2D eigenvalue weighted by atomic mass is 35.5. The first-order chi connectivity index (χ1) is 11.0. The fourth-order valence-corrected chi connectivity index (χ4v) is 2.27. The van der Waals surface area contributed by atoms with E-state index in [9.17, 15) is 9.59 Å². The van der Waals surface area contributed by atoms with Gasteiger partial charge in [-0.1, -0.05) is 41.4 Å². The van der Waals surface area contributed by atoms with Crippen LogP contribution in [0.2, 0.25) is 10.0 Å². The van der Waals surface area contributed by atoms with Gasteiger partial charge in [-0.3, -0.25) is 4.79 Å². The van der Waals surface area contributed by atoms with Gasteiger partial charge in [0.05, 0.1) is 10.0 Å². The first-order valence-electron chi connectivity index (χ1n) is 6.62. The van der Waals surface area contributed by atoms with Gasteiger partial charge in [0.1, 0.15) is 0 Å². The van der Waals surface area contributed by atoms with Crippen molar-refractivity contribution in [3.8, 4) is 0 Å². The van der Waals surface area contributed by atoms with Crippen molar-refractivity contribution in [1.29, 1.82) is 0 Å². The van der Waals surface area contributed by atoms with E-state index in [-0.39, 0.29) is 16.6 Å². The quantitative estimate of drug-likeness (QED) is 0.478. The first-order valence-corrected chi connectivity index (χ1v) is 7.37. The van der Waals surface area contributed by atoms with E-state index in [0.717, 1.165) is 6.08 Å². The normalized spacial score (nSPS) is 15.5. The van der Waals surface area contributed by atoms with Gasteiger partial charge >= 0.3 is 5.97 Å². The smallest absolute Gasteiger partial charge is 0.363 e. The zero-order valence-corrected chi connectivity index (χ0v) is 13.1. The second kappa shape index (κ2) is 6.36. The molecule has 0 amide bonds. The van der Waals surface area contributed by atoms with Gasteiger partial charge in [-0.25, -0.2) is 9.79 Å². The summed E-state index contributed by atoms with van der Waals surface area (Å²) in [6.07, 6.45) is 1.12. The Morgan fingerprint density at radius 1 is 1.04 bits per heavy atom. The molecule has 3 rings (SSSR count). The minimum Gasteiger partial charge on any atom is -0.402 e. The highest BCUT2D eigenvalue weighted by molar-refractivity contribution is 6.42. The van der Waals surface area contributed by atoms with Gasteiger partial charge in [0.2, 0.25) is 5.90 Å². The first kappa shape index (κ1) is 15.5. The van der Waals surface area contributed by atoms with Crippen molar-refractivity contribution in [3.63, 3.8) is 0 Å². The molecule has 23 heavy (non-hydrogen) atoms. The molecular formula is C17H9Cl2NO3. The summed E-state index contributed by atoms with van der Waals surface area (Å²) in [7, 11) is 0. The molecule has 0 saturated carbocycles. The third-order valence-electron chi connectivity index (χ3n) is 3.11. The Hall–Kier alpha value is -2.43. The molecule has 6 heteroatoms. The van der Waals surface area contributed by atoms with Crippen LogP contribution in [0.4, 0.5) is 0 Å². The van der Waals surface area contributed by atoms with Crippen molar-refractivity contribution in [2.75, 3.05) is 0 Å². The fourth-order valence-electron chi connectivity index (χ4n) is 1.97. The minimum atomic E-state index is -0.669. The molecule has 1 heterocycles. The number of cyclic esters (lactones) is 1. The number of rotatable bonds is 3. The average molecular weight is 346 g/mol. The molecule has 114 valence electrons. The molecule has 0 aliphatic carbocycles. The van der Waals surface area contributed by atoms with E-state index in [1.54, 1.807) is 24.3 Å². The summed E-state index contributed by atoms with van der Waals surface area (Å²) in [6, 6.07) is 13.4. The number of nitrogens with zero attached hydrogens (tertiary/aromatic N) is 1. The Morgan fingerprint density at radius 2 is 1.78 bits per heavy atom. The number of halogens is 2. The van der Waals surface area contributed by atoms with Gasteiger partial charge in [0, 0.05) is 17.2 Å². The number of ketones is 1. The van der Waals surface area contributed by atoms with Crippen molar-refractivity contribution in [2.24, 2.45) is 4.99 Å². The van der Waals surface area contributed by atoms with Gasteiger partial charge in [-0.2, -0.15) is 0 Å². The number of hydrogen-bond donors (Lipinski definition) is 0. The van der Waals surface area contributed by atoms with E-state index < -0.39 is 11.8 Å². The van der Waals surface area contributed by atoms with E-state index in [0.29, 0.717) is 16.1 Å². The second-order valence-corrected chi connectivity index (χ2v) is 5.51. The van der Waals surface area contributed by atoms with Crippen LogP contribution in [0.15, 0.2) is 65.3 Å². The number of aliphatic imine (C=N–C) groups is 1. The molecule has 1 aliphatic heterocycles. The lowest BCUT2D eigenvalue weighted by Gasteiger charge is -1.99. The van der Waals surface area contributed by atoms with Crippen LogP contribution in [0.5, 0.6) is 0 Å². The third-order valence-corrected chi connectivity index (χ3v) is 3.85. The molecule has 0 bridgehead atoms. The largest absolute Gasteiger partial charge is 0.402 e. The molecule has 0 unspecified atom stereocenters. The van der Waals surface area contributed by atoms with E-state index in [1.165, 1.54) is 18.2 Å². The summed E-state index contributed by atoms with van der Waals surface area (Å²) in [5.41, 5.74) is 0.911. The van der Waals surface area contributed by atoms with E-state index in [1.807, 2.05) is 6.07 Å². The second-order valence-electron chi connectivity index (χ2n) is 4.70. The summed E-state index contributed by atoms with van der Waals surface area (Å²) in [5.74, 6) is -0.908. The van der Waals surface area contributed by atoms with Crippen LogP contribution in [0.1, 0.15) is 15.9 Å². The molecule has 0 aromatic heterocycles.